The number of nitrogens with two attached hydrogens (primary N) is 1. The molecule has 0 fully saturated rings. The highest BCUT2D eigenvalue weighted by Crippen LogP contribution is 2.12. The fraction of sp³-hybridized carbons (Fsp3) is 0.222. The van der Waals surface area contributed by atoms with E-state index in [1.54, 1.807) is 0 Å². The lowest BCUT2D eigenvalue weighted by Crippen LogP contribution is -2.18. The van der Waals surface area contributed by atoms with Crippen LogP contribution in [0, 0.1) is 11.3 Å². The van der Waals surface area contributed by atoms with Crippen molar-refractivity contribution in [3.05, 3.63) is 27.7 Å². The number of aromatic amines is 1. The molecule has 3 N–H and O–H groups in total. The Labute approximate surface area is 84.9 Å². The molecule has 0 saturated carbocycles. The maximum Gasteiger partial charge on any atom is 0.256 e. The fourth-order valence-electron chi connectivity index (χ4n) is 1.50. The molecule has 0 spiro atoms. The first-order valence-electron chi connectivity index (χ1n) is 4.47. The number of anilines is 1. The SMILES string of the molecule is CCc1c(N)n2ncc(C#N)c2[nH]c1=O. The number of nitrogens with one attached hydrogen (secondary N) is 1. The molecule has 0 bridgehead atoms. The van der Waals surface area contributed by atoms with Gasteiger partial charge in [0.25, 0.3) is 5.56 Å². The first kappa shape index (κ1) is 9.27. The summed E-state index contributed by atoms with van der Waals surface area (Å²) in [6, 6.07) is 1.93. The lowest BCUT2D eigenvalue weighted by atomic mass is 10.2. The van der Waals surface area contributed by atoms with Gasteiger partial charge in [0.1, 0.15) is 17.5 Å². The van der Waals surface area contributed by atoms with Gasteiger partial charge in [0.15, 0.2) is 5.65 Å². The molecule has 2 aromatic heterocycles. The van der Waals surface area contributed by atoms with Crippen LogP contribution in [0.1, 0.15) is 18.1 Å². The van der Waals surface area contributed by atoms with Gasteiger partial charge in [0, 0.05) is 0 Å². The molecule has 0 aromatic carbocycles. The zero-order chi connectivity index (χ0) is 11.0. The fourth-order valence-corrected chi connectivity index (χ4v) is 1.50. The molecule has 6 heteroatoms. The summed E-state index contributed by atoms with van der Waals surface area (Å²) in [6.07, 6.45) is 1.90. The van der Waals surface area contributed by atoms with Crippen molar-refractivity contribution in [3.63, 3.8) is 0 Å². The topological polar surface area (TPSA) is 100.0 Å². The Balaban J connectivity index is 2.95. The first-order valence-corrected chi connectivity index (χ1v) is 4.47. The summed E-state index contributed by atoms with van der Waals surface area (Å²) in [6.45, 7) is 1.83. The number of H-pyrrole nitrogens is 1. The minimum atomic E-state index is -0.264. The van der Waals surface area contributed by atoms with E-state index in [0.29, 0.717) is 23.2 Å². The van der Waals surface area contributed by atoms with E-state index in [1.807, 2.05) is 13.0 Å². The highest BCUT2D eigenvalue weighted by atomic mass is 16.1. The predicted molar refractivity (Wildman–Crippen MR) is 54.3 cm³/mol. The average Bonchev–Trinajstić information content (AvgIpc) is 2.61. The zero-order valence-electron chi connectivity index (χ0n) is 8.11. The maximum absolute atomic E-state index is 11.6. The normalized spacial score (nSPS) is 10.4. The van der Waals surface area contributed by atoms with Crippen LogP contribution in [0.4, 0.5) is 5.82 Å². The summed E-state index contributed by atoms with van der Waals surface area (Å²) >= 11 is 0. The molecule has 15 heavy (non-hydrogen) atoms. The third-order valence-electron chi connectivity index (χ3n) is 2.29. The molecule has 0 aliphatic carbocycles. The Morgan fingerprint density at radius 2 is 2.47 bits per heavy atom. The molecule has 0 aliphatic heterocycles. The van der Waals surface area contributed by atoms with E-state index in [-0.39, 0.29) is 11.4 Å². The number of fused-ring (bicyclic) bond motifs is 1. The summed E-state index contributed by atoms with van der Waals surface area (Å²) in [5, 5.41) is 12.7. The number of hydrogen-bond donors (Lipinski definition) is 2. The minimum Gasteiger partial charge on any atom is -0.383 e. The molecule has 0 amide bonds. The minimum absolute atomic E-state index is 0.264. The second-order valence-corrected chi connectivity index (χ2v) is 3.10. The molecule has 2 aromatic rings. The number of rotatable bonds is 1. The van der Waals surface area contributed by atoms with Gasteiger partial charge >= 0.3 is 0 Å². The van der Waals surface area contributed by atoms with Crippen molar-refractivity contribution in [2.75, 3.05) is 5.73 Å². The van der Waals surface area contributed by atoms with E-state index in [2.05, 4.69) is 10.1 Å². The van der Waals surface area contributed by atoms with Crippen LogP contribution in [0.25, 0.3) is 5.65 Å². The Morgan fingerprint density at radius 3 is 3.07 bits per heavy atom. The summed E-state index contributed by atoms with van der Waals surface area (Å²) < 4.78 is 1.37. The quantitative estimate of drug-likeness (QED) is 0.683. The second-order valence-electron chi connectivity index (χ2n) is 3.10. The van der Waals surface area contributed by atoms with Crippen LogP contribution in [0.5, 0.6) is 0 Å². The van der Waals surface area contributed by atoms with Crippen LogP contribution in [0.2, 0.25) is 0 Å². The Bertz CT molecular complexity index is 616. The highest BCUT2D eigenvalue weighted by Gasteiger charge is 2.11. The summed E-state index contributed by atoms with van der Waals surface area (Å²) in [7, 11) is 0. The van der Waals surface area contributed by atoms with Crippen LogP contribution in [-0.4, -0.2) is 14.6 Å². The molecule has 0 aliphatic rings. The molecule has 2 heterocycles. The van der Waals surface area contributed by atoms with Gasteiger partial charge in [-0.3, -0.25) is 4.79 Å². The van der Waals surface area contributed by atoms with Crippen molar-refractivity contribution < 1.29 is 0 Å². The molecule has 2 rings (SSSR count). The van der Waals surface area contributed by atoms with Crippen molar-refractivity contribution >= 4 is 11.5 Å². The van der Waals surface area contributed by atoms with Gasteiger partial charge in [-0.1, -0.05) is 6.92 Å². The van der Waals surface area contributed by atoms with E-state index >= 15 is 0 Å². The van der Waals surface area contributed by atoms with Crippen LogP contribution in [-0.2, 0) is 6.42 Å². The van der Waals surface area contributed by atoms with E-state index < -0.39 is 0 Å². The van der Waals surface area contributed by atoms with Crippen LogP contribution in [0.15, 0.2) is 11.0 Å². The van der Waals surface area contributed by atoms with Gasteiger partial charge in [0.2, 0.25) is 0 Å². The first-order chi connectivity index (χ1) is 7.19. The monoisotopic (exact) mass is 203 g/mol. The zero-order valence-corrected chi connectivity index (χ0v) is 8.11. The van der Waals surface area contributed by atoms with Crippen LogP contribution >= 0.6 is 0 Å². The van der Waals surface area contributed by atoms with Gasteiger partial charge < -0.3 is 10.7 Å². The van der Waals surface area contributed by atoms with E-state index in [1.165, 1.54) is 10.7 Å². The van der Waals surface area contributed by atoms with Crippen molar-refractivity contribution in [2.45, 2.75) is 13.3 Å². The number of nitrogen functional groups attached to an aromatic ring is 1. The predicted octanol–water partition coefficient (Wildman–Crippen LogP) is 0.0389. The lowest BCUT2D eigenvalue weighted by Gasteiger charge is -2.03. The Hall–Kier alpha value is -2.29. The van der Waals surface area contributed by atoms with Crippen LogP contribution in [0.3, 0.4) is 0 Å². The molecule has 6 nitrogen and oxygen atoms in total. The molecule has 76 valence electrons. The maximum atomic E-state index is 11.6. The van der Waals surface area contributed by atoms with Crippen molar-refractivity contribution in [3.8, 4) is 6.07 Å². The largest absolute Gasteiger partial charge is 0.383 e. The lowest BCUT2D eigenvalue weighted by molar-refractivity contribution is 0.911. The van der Waals surface area contributed by atoms with E-state index in [4.69, 9.17) is 11.0 Å². The van der Waals surface area contributed by atoms with Gasteiger partial charge in [-0.05, 0) is 6.42 Å². The summed E-state index contributed by atoms with van der Waals surface area (Å²) in [4.78, 5) is 14.2. The van der Waals surface area contributed by atoms with Gasteiger partial charge in [-0.2, -0.15) is 14.9 Å². The highest BCUT2D eigenvalue weighted by molar-refractivity contribution is 5.58. The third-order valence-corrected chi connectivity index (χ3v) is 2.29. The number of nitriles is 1. The molecule has 0 unspecified atom stereocenters. The summed E-state index contributed by atoms with van der Waals surface area (Å²) in [5.74, 6) is 0.290. The number of aromatic nitrogens is 3. The molecular weight excluding hydrogens is 194 g/mol. The van der Waals surface area contributed by atoms with Crippen molar-refractivity contribution in [1.82, 2.24) is 14.6 Å². The number of hydrogen-bond acceptors (Lipinski definition) is 4. The van der Waals surface area contributed by atoms with Crippen LogP contribution < -0.4 is 11.3 Å². The van der Waals surface area contributed by atoms with Gasteiger partial charge in [-0.15, -0.1) is 0 Å². The molecule has 0 atom stereocenters. The standard InChI is InChI=1S/C9H9N5O/c1-2-6-7(11)14-8(13-9(6)15)5(3-10)4-12-14/h4H,2,11H2,1H3,(H,13,15). The second kappa shape index (κ2) is 3.13. The summed E-state index contributed by atoms with van der Waals surface area (Å²) in [5.41, 5.74) is 6.64. The average molecular weight is 203 g/mol. The smallest absolute Gasteiger partial charge is 0.256 e. The third kappa shape index (κ3) is 1.17. The van der Waals surface area contributed by atoms with E-state index in [0.717, 1.165) is 0 Å². The molecular formula is C9H9N5O. The number of nitrogens with zero attached hydrogens (tertiary/aromatic N) is 3. The van der Waals surface area contributed by atoms with E-state index in [9.17, 15) is 4.79 Å². The van der Waals surface area contributed by atoms with Gasteiger partial charge in [-0.25, -0.2) is 0 Å². The Morgan fingerprint density at radius 1 is 1.73 bits per heavy atom. The van der Waals surface area contributed by atoms with Gasteiger partial charge in [0.05, 0.1) is 11.8 Å². The van der Waals surface area contributed by atoms with Crippen molar-refractivity contribution in [1.29, 1.82) is 5.26 Å². The molecule has 0 radical (unpaired) electrons. The molecule has 0 saturated heterocycles. The Kier molecular flexibility index (Phi) is 1.94. The van der Waals surface area contributed by atoms with Crippen molar-refractivity contribution in [2.24, 2.45) is 0 Å².